The number of ketones is 1. The van der Waals surface area contributed by atoms with Crippen LogP contribution in [0.25, 0.3) is 0 Å². The van der Waals surface area contributed by atoms with Crippen molar-refractivity contribution in [3.05, 3.63) is 64.7 Å². The van der Waals surface area contributed by atoms with E-state index in [4.69, 9.17) is 0 Å². The van der Waals surface area contributed by atoms with E-state index in [-0.39, 0.29) is 12.0 Å². The molecule has 5 heteroatoms. The third kappa shape index (κ3) is 4.72. The Morgan fingerprint density at radius 3 is 2.21 bits per heavy atom. The zero-order valence-corrected chi connectivity index (χ0v) is 20.1. The van der Waals surface area contributed by atoms with Crippen molar-refractivity contribution in [1.29, 1.82) is 0 Å². The van der Waals surface area contributed by atoms with Crippen molar-refractivity contribution in [1.82, 2.24) is 15.5 Å². The summed E-state index contributed by atoms with van der Waals surface area (Å²) in [6.45, 7) is 5.31. The fraction of sp³-hybridized carbons (Fsp3) is 0.536. The largest absolute Gasteiger partial charge is 0.368 e. The van der Waals surface area contributed by atoms with Crippen LogP contribution in [0.1, 0.15) is 58.8 Å². The van der Waals surface area contributed by atoms with E-state index >= 15 is 0 Å². The lowest BCUT2D eigenvalue weighted by molar-refractivity contribution is 0.0895. The minimum Gasteiger partial charge on any atom is -0.368 e. The molecule has 2 fully saturated rings. The third-order valence-corrected chi connectivity index (χ3v) is 7.84. The first-order chi connectivity index (χ1) is 16.1. The second-order valence-electron chi connectivity index (χ2n) is 10.2. The highest BCUT2D eigenvalue weighted by atomic mass is 16.1. The molecule has 0 aliphatic carbocycles. The van der Waals surface area contributed by atoms with Gasteiger partial charge in [0.05, 0.1) is 6.04 Å². The number of hydrogen-bond acceptors (Lipinski definition) is 5. The van der Waals surface area contributed by atoms with Gasteiger partial charge in [-0.05, 0) is 95.1 Å². The molecule has 2 N–H and O–H groups in total. The van der Waals surface area contributed by atoms with Crippen LogP contribution in [0.5, 0.6) is 0 Å². The van der Waals surface area contributed by atoms with E-state index in [1.807, 2.05) is 12.1 Å². The van der Waals surface area contributed by atoms with Gasteiger partial charge in [0.2, 0.25) is 0 Å². The Kier molecular flexibility index (Phi) is 6.81. The van der Waals surface area contributed by atoms with Crippen molar-refractivity contribution >= 4 is 11.5 Å². The number of nitrogens with one attached hydrogen (secondary N) is 2. The zero-order chi connectivity index (χ0) is 22.8. The molecule has 3 aliphatic heterocycles. The van der Waals surface area contributed by atoms with Gasteiger partial charge in [0, 0.05) is 29.8 Å². The van der Waals surface area contributed by atoms with Crippen LogP contribution in [0.15, 0.2) is 42.5 Å². The molecule has 2 aromatic rings. The molecule has 1 unspecified atom stereocenters. The summed E-state index contributed by atoms with van der Waals surface area (Å²) in [6, 6.07) is 16.4. The maximum Gasteiger partial charge on any atom is 0.166 e. The second-order valence-corrected chi connectivity index (χ2v) is 10.2. The molecule has 33 heavy (non-hydrogen) atoms. The van der Waals surface area contributed by atoms with Crippen molar-refractivity contribution in [2.45, 2.75) is 44.2 Å². The first-order valence-corrected chi connectivity index (χ1v) is 12.7. The normalized spacial score (nSPS) is 20.8. The molecular formula is C28H38N4O. The number of carbonyl (C=O) groups excluding carboxylic acids is 1. The second kappa shape index (κ2) is 9.96. The first kappa shape index (κ1) is 22.6. The molecule has 0 bridgehead atoms. The molecule has 0 spiro atoms. The third-order valence-electron chi connectivity index (χ3n) is 7.84. The lowest BCUT2D eigenvalue weighted by atomic mass is 9.88. The number of Topliss-reactive ketones (excluding diaryl/α,β-unsaturated/α-hetero) is 1. The van der Waals surface area contributed by atoms with E-state index < -0.39 is 0 Å². The first-order valence-electron chi connectivity index (χ1n) is 12.7. The van der Waals surface area contributed by atoms with Gasteiger partial charge in [0.25, 0.3) is 0 Å². The van der Waals surface area contributed by atoms with Crippen LogP contribution in [0, 0.1) is 5.92 Å². The molecular weight excluding hydrogens is 408 g/mol. The fourth-order valence-corrected chi connectivity index (χ4v) is 6.05. The van der Waals surface area contributed by atoms with Crippen LogP contribution < -0.4 is 15.5 Å². The van der Waals surface area contributed by atoms with Crippen molar-refractivity contribution < 1.29 is 4.79 Å². The molecule has 5 nitrogen and oxygen atoms in total. The van der Waals surface area contributed by atoms with Gasteiger partial charge >= 0.3 is 0 Å². The quantitative estimate of drug-likeness (QED) is 0.664. The highest BCUT2D eigenvalue weighted by molar-refractivity contribution is 5.98. The Morgan fingerprint density at radius 2 is 1.55 bits per heavy atom. The molecule has 3 aliphatic rings. The van der Waals surface area contributed by atoms with E-state index in [0.717, 1.165) is 57.5 Å². The summed E-state index contributed by atoms with van der Waals surface area (Å²) in [5.74, 6) is 0.473. The van der Waals surface area contributed by atoms with Crippen LogP contribution >= 0.6 is 0 Å². The number of piperidine rings is 2. The van der Waals surface area contributed by atoms with Gasteiger partial charge in [-0.15, -0.1) is 0 Å². The maximum absolute atomic E-state index is 12.9. The lowest BCUT2D eigenvalue weighted by Gasteiger charge is -2.34. The fourth-order valence-electron chi connectivity index (χ4n) is 6.05. The van der Waals surface area contributed by atoms with Crippen molar-refractivity contribution in [2.75, 3.05) is 51.7 Å². The maximum atomic E-state index is 12.9. The highest BCUT2D eigenvalue weighted by Gasteiger charge is 2.29. The molecule has 0 saturated carbocycles. The van der Waals surface area contributed by atoms with Crippen LogP contribution in [0.4, 0.5) is 5.69 Å². The van der Waals surface area contributed by atoms with Gasteiger partial charge in [0.1, 0.15) is 0 Å². The van der Waals surface area contributed by atoms with Crippen LogP contribution in [-0.4, -0.2) is 63.5 Å². The summed E-state index contributed by atoms with van der Waals surface area (Å²) >= 11 is 0. The Balaban J connectivity index is 1.35. The van der Waals surface area contributed by atoms with E-state index in [2.05, 4.69) is 64.9 Å². The van der Waals surface area contributed by atoms with Crippen LogP contribution in [-0.2, 0) is 6.42 Å². The van der Waals surface area contributed by atoms with E-state index in [1.54, 1.807) is 0 Å². The average molecular weight is 447 g/mol. The zero-order valence-electron chi connectivity index (χ0n) is 20.1. The minimum atomic E-state index is 0.168. The number of benzene rings is 2. The molecule has 0 aromatic heterocycles. The number of rotatable bonds is 6. The minimum absolute atomic E-state index is 0.168. The smallest absolute Gasteiger partial charge is 0.166 e. The summed E-state index contributed by atoms with van der Waals surface area (Å²) in [5, 5.41) is 6.84. The highest BCUT2D eigenvalue weighted by Crippen LogP contribution is 2.36. The topological polar surface area (TPSA) is 47.6 Å². The van der Waals surface area contributed by atoms with Gasteiger partial charge in [-0.2, -0.15) is 0 Å². The SMILES string of the molecule is CN(C)C(c1ccc(C(=O)C2CCNCC2)cc1)c1ccc2c(c1)CCN2C1CCNCC1. The van der Waals surface area contributed by atoms with Gasteiger partial charge in [-0.3, -0.25) is 9.69 Å². The van der Waals surface area contributed by atoms with E-state index in [0.29, 0.717) is 11.8 Å². The number of anilines is 1. The van der Waals surface area contributed by atoms with Crippen molar-refractivity contribution in [2.24, 2.45) is 5.92 Å². The molecule has 0 amide bonds. The molecule has 1 atom stereocenters. The van der Waals surface area contributed by atoms with Gasteiger partial charge in [-0.25, -0.2) is 0 Å². The predicted molar refractivity (Wildman–Crippen MR) is 135 cm³/mol. The monoisotopic (exact) mass is 446 g/mol. The Morgan fingerprint density at radius 1 is 0.909 bits per heavy atom. The number of nitrogens with zero attached hydrogens (tertiary/aromatic N) is 2. The summed E-state index contributed by atoms with van der Waals surface area (Å²) < 4.78 is 0. The summed E-state index contributed by atoms with van der Waals surface area (Å²) in [7, 11) is 4.29. The average Bonchev–Trinajstić information content (AvgIpc) is 3.28. The predicted octanol–water partition coefficient (Wildman–Crippen LogP) is 3.63. The lowest BCUT2D eigenvalue weighted by Crippen LogP contribution is -2.42. The van der Waals surface area contributed by atoms with E-state index in [1.165, 1.54) is 35.2 Å². The summed E-state index contributed by atoms with van der Waals surface area (Å²) in [5.41, 5.74) is 6.36. The van der Waals surface area contributed by atoms with Crippen molar-refractivity contribution in [3.8, 4) is 0 Å². The van der Waals surface area contributed by atoms with Gasteiger partial charge in [0.15, 0.2) is 5.78 Å². The molecule has 3 heterocycles. The van der Waals surface area contributed by atoms with Gasteiger partial charge in [-0.1, -0.05) is 36.4 Å². The molecule has 176 valence electrons. The molecule has 5 rings (SSSR count). The van der Waals surface area contributed by atoms with Crippen LogP contribution in [0.2, 0.25) is 0 Å². The van der Waals surface area contributed by atoms with Crippen molar-refractivity contribution in [3.63, 3.8) is 0 Å². The number of hydrogen-bond donors (Lipinski definition) is 2. The van der Waals surface area contributed by atoms with E-state index in [9.17, 15) is 4.79 Å². The number of carbonyl (C=O) groups is 1. The summed E-state index contributed by atoms with van der Waals surface area (Å²) in [6.07, 6.45) is 5.51. The summed E-state index contributed by atoms with van der Waals surface area (Å²) in [4.78, 5) is 17.9. The standard InChI is InChI=1S/C28H38N4O/c1-31(2)27(20-3-5-21(6-4-20)28(33)22-9-14-29-15-10-22)24-7-8-26-23(19-24)13-18-32(26)25-11-16-30-17-12-25/h3-8,19,22,25,27,29-30H,9-18H2,1-2H3. The molecule has 2 aromatic carbocycles. The Hall–Kier alpha value is -2.21. The van der Waals surface area contributed by atoms with Crippen LogP contribution in [0.3, 0.4) is 0 Å². The molecule has 0 radical (unpaired) electrons. The number of fused-ring (bicyclic) bond motifs is 1. The Bertz CT molecular complexity index is 958. The van der Waals surface area contributed by atoms with Gasteiger partial charge < -0.3 is 15.5 Å². The Labute approximate surface area is 198 Å². The molecule has 2 saturated heterocycles.